The fraction of sp³-hybridized carbons (Fsp3) is 0.231. The number of carboxylic acid groups (broad SMARTS) is 1. The maximum atomic E-state index is 11.2. The number of aryl methyl sites for hydroxylation is 1. The number of benzene rings is 1. The highest BCUT2D eigenvalue weighted by Gasteiger charge is 2.24. The highest BCUT2D eigenvalue weighted by molar-refractivity contribution is 5.97. The number of methoxy groups -OCH3 is 2. The summed E-state index contributed by atoms with van der Waals surface area (Å²) in [5, 5.41) is 12.6. The monoisotopic (exact) mass is 278 g/mol. The molecule has 0 atom stereocenters. The molecule has 20 heavy (non-hydrogen) atoms. The minimum atomic E-state index is -1.21. The Bertz CT molecular complexity index is 663. The molecule has 2 rings (SSSR count). The number of aromatic nitrogens is 1. The minimum absolute atomic E-state index is 0.0577. The van der Waals surface area contributed by atoms with Crippen molar-refractivity contribution in [3.05, 3.63) is 23.4 Å². The van der Waals surface area contributed by atoms with Gasteiger partial charge in [0, 0.05) is 0 Å². The van der Waals surface area contributed by atoms with Crippen molar-refractivity contribution in [3.63, 3.8) is 0 Å². The zero-order valence-electron chi connectivity index (χ0n) is 11.3. The summed E-state index contributed by atoms with van der Waals surface area (Å²) in [6.45, 7) is 1.80. The molecule has 3 N–H and O–H groups in total. The number of nitrogen functional groups attached to an aromatic ring is 1. The number of hydrogen-bond acceptors (Lipinski definition) is 6. The summed E-state index contributed by atoms with van der Waals surface area (Å²) in [6, 6.07) is 3.37. The van der Waals surface area contributed by atoms with Gasteiger partial charge in [0.05, 0.1) is 19.8 Å². The van der Waals surface area contributed by atoms with E-state index in [9.17, 15) is 4.79 Å². The van der Waals surface area contributed by atoms with Crippen LogP contribution in [0.15, 0.2) is 16.7 Å². The maximum Gasteiger partial charge on any atom is 0.358 e. The summed E-state index contributed by atoms with van der Waals surface area (Å²) < 4.78 is 15.2. The first-order valence-corrected chi connectivity index (χ1v) is 5.71. The largest absolute Gasteiger partial charge is 0.493 e. The molecule has 1 heterocycles. The molecule has 0 unspecified atom stereocenters. The Morgan fingerprint density at radius 3 is 2.45 bits per heavy atom. The van der Waals surface area contributed by atoms with E-state index in [1.54, 1.807) is 19.1 Å². The predicted molar refractivity (Wildman–Crippen MR) is 71.2 cm³/mol. The van der Waals surface area contributed by atoms with Crippen molar-refractivity contribution in [1.82, 2.24) is 5.16 Å². The molecule has 0 aliphatic heterocycles. The number of anilines is 1. The highest BCUT2D eigenvalue weighted by Crippen LogP contribution is 2.39. The van der Waals surface area contributed by atoms with E-state index in [1.807, 2.05) is 0 Å². The van der Waals surface area contributed by atoms with Crippen LogP contribution >= 0.6 is 0 Å². The van der Waals surface area contributed by atoms with Crippen LogP contribution in [0.4, 0.5) is 5.88 Å². The molecule has 1 aromatic carbocycles. The quantitative estimate of drug-likeness (QED) is 0.879. The molecule has 0 saturated carbocycles. The second-order valence-electron chi connectivity index (χ2n) is 4.10. The number of carbonyl (C=O) groups is 1. The number of aromatic carboxylic acids is 1. The van der Waals surface area contributed by atoms with E-state index < -0.39 is 5.97 Å². The molecule has 0 aliphatic carbocycles. The van der Waals surface area contributed by atoms with Gasteiger partial charge in [-0.05, 0) is 30.2 Å². The van der Waals surface area contributed by atoms with Crippen molar-refractivity contribution in [2.24, 2.45) is 0 Å². The Labute approximate surface area is 114 Å². The standard InChI is InChI=1S/C13H14N2O5/c1-6-4-8(18-2)9(19-3)5-7(6)10-11(13(16)17)15-20-12(10)14/h4-5H,14H2,1-3H3,(H,16,17). The van der Waals surface area contributed by atoms with Crippen LogP contribution < -0.4 is 15.2 Å². The lowest BCUT2D eigenvalue weighted by molar-refractivity contribution is 0.0686. The number of nitrogens with zero attached hydrogens (tertiary/aromatic N) is 1. The summed E-state index contributed by atoms with van der Waals surface area (Å²) in [6.07, 6.45) is 0. The number of carboxylic acids is 1. The zero-order chi connectivity index (χ0) is 14.9. The van der Waals surface area contributed by atoms with Crippen LogP contribution in [-0.2, 0) is 0 Å². The lowest BCUT2D eigenvalue weighted by Gasteiger charge is -2.12. The molecule has 106 valence electrons. The molecule has 1 aromatic heterocycles. The third-order valence-electron chi connectivity index (χ3n) is 2.92. The summed E-state index contributed by atoms with van der Waals surface area (Å²) in [5.74, 6) is -0.266. The van der Waals surface area contributed by atoms with Gasteiger partial charge in [0.25, 0.3) is 0 Å². The first-order chi connectivity index (χ1) is 9.49. The lowest BCUT2D eigenvalue weighted by atomic mass is 9.99. The number of ether oxygens (including phenoxy) is 2. The summed E-state index contributed by atoms with van der Waals surface area (Å²) in [4.78, 5) is 11.2. The van der Waals surface area contributed by atoms with Crippen LogP contribution in [0, 0.1) is 6.92 Å². The van der Waals surface area contributed by atoms with Crippen molar-refractivity contribution in [3.8, 4) is 22.6 Å². The molecule has 0 fully saturated rings. The summed E-state index contributed by atoms with van der Waals surface area (Å²) in [7, 11) is 3.01. The van der Waals surface area contributed by atoms with Crippen molar-refractivity contribution in [1.29, 1.82) is 0 Å². The van der Waals surface area contributed by atoms with E-state index in [1.165, 1.54) is 14.2 Å². The zero-order valence-corrected chi connectivity index (χ0v) is 11.3. The molecule has 0 bridgehead atoms. The van der Waals surface area contributed by atoms with Gasteiger partial charge in [0.2, 0.25) is 11.6 Å². The van der Waals surface area contributed by atoms with Crippen LogP contribution in [0.2, 0.25) is 0 Å². The Morgan fingerprint density at radius 1 is 1.30 bits per heavy atom. The van der Waals surface area contributed by atoms with Gasteiger partial charge in [0.15, 0.2) is 11.5 Å². The van der Waals surface area contributed by atoms with Crippen molar-refractivity contribution in [2.75, 3.05) is 20.0 Å². The molecule has 0 aliphatic rings. The molecule has 0 amide bonds. The number of nitrogens with two attached hydrogens (primary N) is 1. The average molecular weight is 278 g/mol. The minimum Gasteiger partial charge on any atom is -0.493 e. The van der Waals surface area contributed by atoms with E-state index in [0.29, 0.717) is 17.1 Å². The topological polar surface area (TPSA) is 108 Å². The molecular weight excluding hydrogens is 264 g/mol. The van der Waals surface area contributed by atoms with E-state index >= 15 is 0 Å². The first-order valence-electron chi connectivity index (χ1n) is 5.71. The predicted octanol–water partition coefficient (Wildman–Crippen LogP) is 1.95. The fourth-order valence-corrected chi connectivity index (χ4v) is 1.96. The molecule has 7 nitrogen and oxygen atoms in total. The average Bonchev–Trinajstić information content (AvgIpc) is 2.80. The van der Waals surface area contributed by atoms with Gasteiger partial charge in [-0.3, -0.25) is 0 Å². The highest BCUT2D eigenvalue weighted by atomic mass is 16.5. The van der Waals surface area contributed by atoms with Crippen molar-refractivity contribution >= 4 is 11.9 Å². The summed E-state index contributed by atoms with van der Waals surface area (Å²) >= 11 is 0. The van der Waals surface area contributed by atoms with Crippen molar-refractivity contribution in [2.45, 2.75) is 6.92 Å². The van der Waals surface area contributed by atoms with E-state index in [4.69, 9.17) is 24.8 Å². The van der Waals surface area contributed by atoms with Crippen LogP contribution in [0.5, 0.6) is 11.5 Å². The first kappa shape index (κ1) is 13.7. The van der Waals surface area contributed by atoms with E-state index in [-0.39, 0.29) is 17.1 Å². The molecule has 0 radical (unpaired) electrons. The summed E-state index contributed by atoms with van der Waals surface area (Å²) in [5.41, 5.74) is 7.00. The van der Waals surface area contributed by atoms with Gasteiger partial charge >= 0.3 is 5.97 Å². The third kappa shape index (κ3) is 2.13. The lowest BCUT2D eigenvalue weighted by Crippen LogP contribution is -2.01. The fourth-order valence-electron chi connectivity index (χ4n) is 1.96. The van der Waals surface area contributed by atoms with Gasteiger partial charge in [-0.25, -0.2) is 4.79 Å². The molecule has 7 heteroatoms. The SMILES string of the molecule is COc1cc(C)c(-c2c(C(=O)O)noc2N)cc1OC. The van der Waals surface area contributed by atoms with E-state index in [0.717, 1.165) is 5.56 Å². The van der Waals surface area contributed by atoms with Crippen LogP contribution in [0.25, 0.3) is 11.1 Å². The molecule has 0 saturated heterocycles. The molecular formula is C13H14N2O5. The van der Waals surface area contributed by atoms with E-state index in [2.05, 4.69) is 5.16 Å². The Balaban J connectivity index is 2.70. The van der Waals surface area contributed by atoms with Gasteiger partial charge in [-0.2, -0.15) is 0 Å². The van der Waals surface area contributed by atoms with Crippen LogP contribution in [0.3, 0.4) is 0 Å². The molecule has 2 aromatic rings. The second-order valence-corrected chi connectivity index (χ2v) is 4.10. The van der Waals surface area contributed by atoms with Gasteiger partial charge in [-0.1, -0.05) is 5.16 Å². The number of hydrogen-bond donors (Lipinski definition) is 2. The third-order valence-corrected chi connectivity index (χ3v) is 2.92. The Kier molecular flexibility index (Phi) is 3.51. The van der Waals surface area contributed by atoms with Crippen molar-refractivity contribution < 1.29 is 23.9 Å². The molecule has 0 spiro atoms. The second kappa shape index (κ2) is 5.12. The Hall–Kier alpha value is -2.70. The van der Waals surface area contributed by atoms with Gasteiger partial charge in [-0.15, -0.1) is 0 Å². The normalized spacial score (nSPS) is 10.3. The van der Waals surface area contributed by atoms with Gasteiger partial charge in [0.1, 0.15) is 0 Å². The van der Waals surface area contributed by atoms with Crippen LogP contribution in [0.1, 0.15) is 16.1 Å². The Morgan fingerprint density at radius 2 is 1.90 bits per heavy atom. The van der Waals surface area contributed by atoms with Gasteiger partial charge < -0.3 is 24.8 Å². The smallest absolute Gasteiger partial charge is 0.358 e. The maximum absolute atomic E-state index is 11.2. The van der Waals surface area contributed by atoms with Crippen LogP contribution in [-0.4, -0.2) is 30.5 Å². The number of rotatable bonds is 4.